The zero-order valence-corrected chi connectivity index (χ0v) is 20.0. The van der Waals surface area contributed by atoms with Gasteiger partial charge in [0.1, 0.15) is 12.4 Å². The number of ether oxygens (including phenoxy) is 2. The molecular weight excluding hydrogens is 490 g/mol. The molecular formula is C26H21BrClNO3. The Balaban J connectivity index is 1.79. The first-order valence-electron chi connectivity index (χ1n) is 10.0. The highest BCUT2D eigenvalue weighted by molar-refractivity contribution is 9.10. The van der Waals surface area contributed by atoms with Crippen molar-refractivity contribution in [2.45, 2.75) is 13.5 Å². The molecule has 0 spiro atoms. The monoisotopic (exact) mass is 509 g/mol. The van der Waals surface area contributed by atoms with Crippen LogP contribution in [0.4, 0.5) is 0 Å². The second-order valence-electron chi connectivity index (χ2n) is 7.30. The summed E-state index contributed by atoms with van der Waals surface area (Å²) in [5.74, 6) is 0.328. The molecule has 4 aromatic rings. The number of esters is 1. The van der Waals surface area contributed by atoms with Crippen molar-refractivity contribution in [2.24, 2.45) is 0 Å². The first-order chi connectivity index (χ1) is 15.5. The molecule has 0 radical (unpaired) electrons. The van der Waals surface area contributed by atoms with Crippen molar-refractivity contribution in [1.29, 1.82) is 0 Å². The second kappa shape index (κ2) is 9.63. The van der Waals surface area contributed by atoms with E-state index >= 15 is 0 Å². The van der Waals surface area contributed by atoms with Crippen molar-refractivity contribution in [1.82, 2.24) is 4.57 Å². The van der Waals surface area contributed by atoms with Crippen LogP contribution >= 0.6 is 27.5 Å². The Bertz CT molecular complexity index is 1270. The van der Waals surface area contributed by atoms with E-state index < -0.39 is 5.97 Å². The number of methoxy groups -OCH3 is 1. The van der Waals surface area contributed by atoms with Gasteiger partial charge in [-0.05, 0) is 61.0 Å². The smallest absolute Gasteiger partial charge is 0.337 e. The number of carbonyl (C=O) groups excluding carboxylic acids is 1. The van der Waals surface area contributed by atoms with Crippen molar-refractivity contribution >= 4 is 33.5 Å². The number of aryl methyl sites for hydroxylation is 1. The van der Waals surface area contributed by atoms with E-state index in [4.69, 9.17) is 21.1 Å². The fourth-order valence-electron chi connectivity index (χ4n) is 3.59. The van der Waals surface area contributed by atoms with Gasteiger partial charge in [0, 0.05) is 26.4 Å². The summed E-state index contributed by atoms with van der Waals surface area (Å²) in [6.45, 7) is 2.45. The Morgan fingerprint density at radius 3 is 2.53 bits per heavy atom. The predicted octanol–water partition coefficient (Wildman–Crippen LogP) is 7.23. The third kappa shape index (κ3) is 4.74. The lowest BCUT2D eigenvalue weighted by molar-refractivity contribution is 0.0600. The maximum absolute atomic E-state index is 12.2. The number of benzene rings is 3. The maximum atomic E-state index is 12.2. The standard InChI is InChI=1S/C26H21BrClNO3/c1-17-8-10-24(29(17)22-13-19(26(30)31-2)12-20(27)14-22)23-15-21(28)9-11-25(23)32-16-18-6-4-3-5-7-18/h3-15H,16H2,1-2H3. The lowest BCUT2D eigenvalue weighted by Gasteiger charge is -2.17. The van der Waals surface area contributed by atoms with E-state index in [1.165, 1.54) is 7.11 Å². The van der Waals surface area contributed by atoms with Gasteiger partial charge in [-0.3, -0.25) is 0 Å². The fraction of sp³-hybridized carbons (Fsp3) is 0.115. The summed E-state index contributed by atoms with van der Waals surface area (Å²) in [6.07, 6.45) is 0. The van der Waals surface area contributed by atoms with Crippen molar-refractivity contribution in [3.63, 3.8) is 0 Å². The molecule has 0 unspecified atom stereocenters. The van der Waals surface area contributed by atoms with Gasteiger partial charge in [0.25, 0.3) is 0 Å². The van der Waals surface area contributed by atoms with Gasteiger partial charge in [-0.1, -0.05) is 57.9 Å². The van der Waals surface area contributed by atoms with Crippen LogP contribution in [-0.2, 0) is 11.3 Å². The number of hydrogen-bond donors (Lipinski definition) is 0. The Morgan fingerprint density at radius 2 is 1.78 bits per heavy atom. The van der Waals surface area contributed by atoms with Gasteiger partial charge in [-0.2, -0.15) is 0 Å². The molecule has 3 aromatic carbocycles. The molecule has 0 bridgehead atoms. The summed E-state index contributed by atoms with van der Waals surface area (Å²) in [7, 11) is 1.37. The second-order valence-corrected chi connectivity index (χ2v) is 8.65. The molecule has 0 saturated carbocycles. The van der Waals surface area contributed by atoms with Crippen molar-refractivity contribution in [2.75, 3.05) is 7.11 Å². The van der Waals surface area contributed by atoms with E-state index in [0.717, 1.165) is 38.4 Å². The van der Waals surface area contributed by atoms with Crippen molar-refractivity contribution in [3.05, 3.63) is 105 Å². The molecule has 1 heterocycles. The Kier molecular flexibility index (Phi) is 6.68. The van der Waals surface area contributed by atoms with E-state index in [-0.39, 0.29) is 0 Å². The Hall–Kier alpha value is -3.02. The summed E-state index contributed by atoms with van der Waals surface area (Å²) in [5.41, 5.74) is 5.13. The number of hydrogen-bond acceptors (Lipinski definition) is 3. The van der Waals surface area contributed by atoms with Crippen LogP contribution < -0.4 is 4.74 Å². The predicted molar refractivity (Wildman–Crippen MR) is 131 cm³/mol. The van der Waals surface area contributed by atoms with Gasteiger partial charge in [0.05, 0.1) is 18.4 Å². The number of aromatic nitrogens is 1. The molecule has 0 saturated heterocycles. The van der Waals surface area contributed by atoms with Gasteiger partial charge in [-0.15, -0.1) is 0 Å². The van der Waals surface area contributed by atoms with Crippen LogP contribution in [0.3, 0.4) is 0 Å². The van der Waals surface area contributed by atoms with Crippen LogP contribution in [0.25, 0.3) is 16.9 Å². The summed E-state index contributed by atoms with van der Waals surface area (Å²) in [5, 5.41) is 0.613. The van der Waals surface area contributed by atoms with Crippen molar-refractivity contribution < 1.29 is 14.3 Å². The Morgan fingerprint density at radius 1 is 1.00 bits per heavy atom. The lowest BCUT2D eigenvalue weighted by atomic mass is 10.1. The van der Waals surface area contributed by atoms with Gasteiger partial charge in [-0.25, -0.2) is 4.79 Å². The highest BCUT2D eigenvalue weighted by Crippen LogP contribution is 2.36. The van der Waals surface area contributed by atoms with Gasteiger partial charge in [0.15, 0.2) is 0 Å². The average Bonchev–Trinajstić information content (AvgIpc) is 3.19. The average molecular weight is 511 g/mol. The molecule has 0 amide bonds. The lowest BCUT2D eigenvalue weighted by Crippen LogP contribution is -2.05. The van der Waals surface area contributed by atoms with E-state index in [2.05, 4.69) is 20.5 Å². The van der Waals surface area contributed by atoms with Crippen LogP contribution in [-0.4, -0.2) is 17.6 Å². The first-order valence-corrected chi connectivity index (χ1v) is 11.2. The van der Waals surface area contributed by atoms with Crippen LogP contribution in [0, 0.1) is 6.92 Å². The van der Waals surface area contributed by atoms with E-state index in [1.54, 1.807) is 6.07 Å². The highest BCUT2D eigenvalue weighted by Gasteiger charge is 2.17. The summed E-state index contributed by atoms with van der Waals surface area (Å²) < 4.78 is 13.9. The Labute approximate surface area is 200 Å². The van der Waals surface area contributed by atoms with Gasteiger partial charge >= 0.3 is 5.97 Å². The third-order valence-corrected chi connectivity index (χ3v) is 5.79. The highest BCUT2D eigenvalue weighted by atomic mass is 79.9. The molecule has 0 aliphatic rings. The molecule has 162 valence electrons. The molecule has 32 heavy (non-hydrogen) atoms. The van der Waals surface area contributed by atoms with Crippen LogP contribution in [0.15, 0.2) is 83.3 Å². The molecule has 0 aliphatic carbocycles. The van der Waals surface area contributed by atoms with Crippen LogP contribution in [0.5, 0.6) is 5.75 Å². The van der Waals surface area contributed by atoms with E-state index in [1.807, 2.05) is 79.7 Å². The third-order valence-electron chi connectivity index (χ3n) is 5.09. The number of nitrogens with zero attached hydrogens (tertiary/aromatic N) is 1. The zero-order valence-electron chi connectivity index (χ0n) is 17.6. The summed E-state index contributed by atoms with van der Waals surface area (Å²) in [6, 6.07) is 25.2. The fourth-order valence-corrected chi connectivity index (χ4v) is 4.25. The van der Waals surface area contributed by atoms with E-state index in [0.29, 0.717) is 17.2 Å². The van der Waals surface area contributed by atoms with Gasteiger partial charge in [0.2, 0.25) is 0 Å². The number of halogens is 2. The minimum absolute atomic E-state index is 0.395. The normalized spacial score (nSPS) is 10.8. The molecule has 1 aromatic heterocycles. The molecule has 0 N–H and O–H groups in total. The summed E-state index contributed by atoms with van der Waals surface area (Å²) >= 11 is 9.88. The minimum atomic E-state index is -0.395. The molecule has 4 rings (SSSR count). The molecule has 0 fully saturated rings. The zero-order chi connectivity index (χ0) is 22.7. The molecule has 4 nitrogen and oxygen atoms in total. The summed E-state index contributed by atoms with van der Waals surface area (Å²) in [4.78, 5) is 12.2. The van der Waals surface area contributed by atoms with Gasteiger partial charge < -0.3 is 14.0 Å². The molecule has 0 atom stereocenters. The van der Waals surface area contributed by atoms with Crippen molar-refractivity contribution in [3.8, 4) is 22.7 Å². The molecule has 0 aliphatic heterocycles. The molecule has 6 heteroatoms. The van der Waals surface area contributed by atoms with E-state index in [9.17, 15) is 4.79 Å². The quantitative estimate of drug-likeness (QED) is 0.257. The van der Waals surface area contributed by atoms with Crippen LogP contribution in [0.2, 0.25) is 5.02 Å². The minimum Gasteiger partial charge on any atom is -0.488 e. The largest absolute Gasteiger partial charge is 0.488 e. The SMILES string of the molecule is COC(=O)c1cc(Br)cc(-n2c(C)ccc2-c2cc(Cl)ccc2OCc2ccccc2)c1. The number of carbonyl (C=O) groups is 1. The topological polar surface area (TPSA) is 40.5 Å². The maximum Gasteiger partial charge on any atom is 0.337 e. The van der Waals surface area contributed by atoms with Crippen LogP contribution in [0.1, 0.15) is 21.6 Å². The number of rotatable bonds is 6. The first kappa shape index (κ1) is 22.2.